The summed E-state index contributed by atoms with van der Waals surface area (Å²) in [6, 6.07) is 19.0. The number of carbonyl (C=O) groups excluding carboxylic acids is 1. The Morgan fingerprint density at radius 1 is 1.00 bits per heavy atom. The van der Waals surface area contributed by atoms with Crippen LogP contribution in [0, 0.1) is 3.57 Å². The van der Waals surface area contributed by atoms with Crippen molar-refractivity contribution in [3.63, 3.8) is 0 Å². The summed E-state index contributed by atoms with van der Waals surface area (Å²) in [7, 11) is 0. The summed E-state index contributed by atoms with van der Waals surface area (Å²) in [5.41, 5.74) is 2.47. The summed E-state index contributed by atoms with van der Waals surface area (Å²) in [5.74, 6) is 1.55. The van der Waals surface area contributed by atoms with Crippen LogP contribution in [0.1, 0.15) is 25.0 Å². The lowest BCUT2D eigenvalue weighted by Gasteiger charge is -2.15. The molecule has 3 aromatic carbocycles. The zero-order valence-electron chi connectivity index (χ0n) is 19.7. The van der Waals surface area contributed by atoms with E-state index in [9.17, 15) is 4.79 Å². The topological polar surface area (TPSA) is 69.2 Å². The van der Waals surface area contributed by atoms with E-state index in [-0.39, 0.29) is 5.91 Å². The molecule has 1 aliphatic heterocycles. The summed E-state index contributed by atoms with van der Waals surface area (Å²) in [6.45, 7) is 5.24. The second-order valence-corrected chi connectivity index (χ2v) is 10.3. The lowest BCUT2D eigenvalue weighted by molar-refractivity contribution is -0.115. The summed E-state index contributed by atoms with van der Waals surface area (Å²) in [6.07, 6.45) is 1.76. The van der Waals surface area contributed by atoms with Crippen LogP contribution in [0.2, 0.25) is 5.02 Å². The standard InChI is InChI=1S/C27H24ClIN2O4S/c1-3-33-21-11-9-20(10-12-21)30-27-31-26(32)24(36-27)15-18-13-22(28)25(23(14-18)34-4-2)35-16-17-5-7-19(29)8-6-17/h5-15H,3-4,16H2,1-2H3,(H,30,31,32)/b24-15+. The van der Waals surface area contributed by atoms with E-state index in [0.29, 0.717) is 46.4 Å². The zero-order valence-corrected chi connectivity index (χ0v) is 23.4. The summed E-state index contributed by atoms with van der Waals surface area (Å²) >= 11 is 10.1. The van der Waals surface area contributed by atoms with Crippen molar-refractivity contribution in [2.45, 2.75) is 20.5 Å². The number of nitrogens with zero attached hydrogens (tertiary/aromatic N) is 1. The van der Waals surface area contributed by atoms with Crippen LogP contribution >= 0.6 is 46.0 Å². The largest absolute Gasteiger partial charge is 0.494 e. The molecule has 1 amide bonds. The van der Waals surface area contributed by atoms with E-state index in [1.807, 2.05) is 68.4 Å². The highest BCUT2D eigenvalue weighted by molar-refractivity contribution is 14.1. The first-order valence-electron chi connectivity index (χ1n) is 11.3. The molecule has 36 heavy (non-hydrogen) atoms. The normalized spacial score (nSPS) is 15.3. The maximum absolute atomic E-state index is 12.6. The molecule has 0 aromatic heterocycles. The van der Waals surface area contributed by atoms with Gasteiger partial charge in [-0.3, -0.25) is 4.79 Å². The highest BCUT2D eigenvalue weighted by Gasteiger charge is 2.24. The van der Waals surface area contributed by atoms with Crippen LogP contribution in [0.15, 0.2) is 70.6 Å². The molecule has 0 saturated carbocycles. The highest BCUT2D eigenvalue weighted by atomic mass is 127. The molecular formula is C27H24ClIN2O4S. The van der Waals surface area contributed by atoms with Gasteiger partial charge in [-0.1, -0.05) is 23.7 Å². The van der Waals surface area contributed by atoms with Crippen molar-refractivity contribution in [1.29, 1.82) is 0 Å². The van der Waals surface area contributed by atoms with Crippen molar-refractivity contribution < 1.29 is 19.0 Å². The molecule has 0 unspecified atom stereocenters. The Bertz CT molecular complexity index is 1290. The minimum absolute atomic E-state index is 0.224. The van der Waals surface area contributed by atoms with Crippen LogP contribution in [0.4, 0.5) is 5.69 Å². The van der Waals surface area contributed by atoms with Gasteiger partial charge in [-0.2, -0.15) is 0 Å². The molecule has 0 radical (unpaired) electrons. The number of carbonyl (C=O) groups is 1. The number of amidine groups is 1. The quantitative estimate of drug-likeness (QED) is 0.199. The molecule has 1 aliphatic rings. The van der Waals surface area contributed by atoms with E-state index in [4.69, 9.17) is 25.8 Å². The molecule has 1 heterocycles. The van der Waals surface area contributed by atoms with Gasteiger partial charge in [0.2, 0.25) is 0 Å². The third-order valence-corrected chi connectivity index (χ3v) is 6.86. The van der Waals surface area contributed by atoms with Crippen LogP contribution in [0.25, 0.3) is 6.08 Å². The molecule has 0 bridgehead atoms. The van der Waals surface area contributed by atoms with E-state index < -0.39 is 0 Å². The molecule has 186 valence electrons. The molecule has 1 saturated heterocycles. The predicted molar refractivity (Wildman–Crippen MR) is 155 cm³/mol. The highest BCUT2D eigenvalue weighted by Crippen LogP contribution is 2.39. The maximum atomic E-state index is 12.6. The van der Waals surface area contributed by atoms with Gasteiger partial charge in [0.05, 0.1) is 28.8 Å². The summed E-state index contributed by atoms with van der Waals surface area (Å²) < 4.78 is 18.4. The molecular weight excluding hydrogens is 611 g/mol. The van der Waals surface area contributed by atoms with E-state index >= 15 is 0 Å². The average molecular weight is 635 g/mol. The van der Waals surface area contributed by atoms with Crippen molar-refractivity contribution >= 4 is 68.8 Å². The molecule has 3 aromatic rings. The Hall–Kier alpha value is -2.69. The molecule has 6 nitrogen and oxygen atoms in total. The first-order valence-corrected chi connectivity index (χ1v) is 13.6. The molecule has 4 rings (SSSR count). The number of rotatable bonds is 9. The molecule has 1 fully saturated rings. The summed E-state index contributed by atoms with van der Waals surface area (Å²) in [4.78, 5) is 17.6. The van der Waals surface area contributed by atoms with Crippen molar-refractivity contribution in [2.75, 3.05) is 13.2 Å². The monoisotopic (exact) mass is 634 g/mol. The van der Waals surface area contributed by atoms with Gasteiger partial charge < -0.3 is 19.5 Å². The fourth-order valence-electron chi connectivity index (χ4n) is 3.34. The number of nitrogens with one attached hydrogen (secondary N) is 1. The van der Waals surface area contributed by atoms with E-state index in [2.05, 4.69) is 32.9 Å². The number of benzene rings is 3. The van der Waals surface area contributed by atoms with Gasteiger partial charge in [0.25, 0.3) is 5.91 Å². The maximum Gasteiger partial charge on any atom is 0.264 e. The SMILES string of the molecule is CCOc1ccc(N=C2NC(=O)/C(=C\c3cc(Cl)c(OCc4ccc(I)cc4)c(OCC)c3)S2)cc1. The van der Waals surface area contributed by atoms with Crippen molar-refractivity contribution in [3.05, 3.63) is 85.3 Å². The Labute approximate surface area is 233 Å². The van der Waals surface area contributed by atoms with Gasteiger partial charge in [-0.15, -0.1) is 0 Å². The lowest BCUT2D eigenvalue weighted by atomic mass is 10.1. The van der Waals surface area contributed by atoms with Gasteiger partial charge in [-0.05, 0) is 114 Å². The van der Waals surface area contributed by atoms with Gasteiger partial charge >= 0.3 is 0 Å². The number of amides is 1. The Morgan fingerprint density at radius 3 is 2.42 bits per heavy atom. The van der Waals surface area contributed by atoms with E-state index in [1.54, 1.807) is 12.1 Å². The van der Waals surface area contributed by atoms with E-state index in [0.717, 1.165) is 26.1 Å². The van der Waals surface area contributed by atoms with Crippen molar-refractivity contribution in [3.8, 4) is 17.2 Å². The Kier molecular flexibility index (Phi) is 9.17. The third-order valence-electron chi connectivity index (χ3n) is 4.96. The van der Waals surface area contributed by atoms with Crippen LogP contribution < -0.4 is 19.5 Å². The van der Waals surface area contributed by atoms with Gasteiger partial charge in [0.15, 0.2) is 16.7 Å². The summed E-state index contributed by atoms with van der Waals surface area (Å²) in [5, 5.41) is 3.72. The molecule has 9 heteroatoms. The number of aliphatic imine (C=N–C) groups is 1. The third kappa shape index (κ3) is 6.96. The smallest absolute Gasteiger partial charge is 0.264 e. The zero-order chi connectivity index (χ0) is 25.5. The molecule has 1 N–H and O–H groups in total. The van der Waals surface area contributed by atoms with E-state index in [1.165, 1.54) is 11.8 Å². The first kappa shape index (κ1) is 26.4. The minimum Gasteiger partial charge on any atom is -0.494 e. The minimum atomic E-state index is -0.224. The number of thioether (sulfide) groups is 1. The lowest BCUT2D eigenvalue weighted by Crippen LogP contribution is -2.19. The van der Waals surface area contributed by atoms with Crippen molar-refractivity contribution in [2.24, 2.45) is 4.99 Å². The van der Waals surface area contributed by atoms with Crippen LogP contribution in [-0.2, 0) is 11.4 Å². The Balaban J connectivity index is 1.51. The van der Waals surface area contributed by atoms with Crippen LogP contribution in [-0.4, -0.2) is 24.3 Å². The van der Waals surface area contributed by atoms with Crippen LogP contribution in [0.5, 0.6) is 17.2 Å². The molecule has 0 spiro atoms. The number of halogens is 2. The number of ether oxygens (including phenoxy) is 3. The van der Waals surface area contributed by atoms with Gasteiger partial charge in [-0.25, -0.2) is 4.99 Å². The predicted octanol–water partition coefficient (Wildman–Crippen LogP) is 7.21. The van der Waals surface area contributed by atoms with Gasteiger partial charge in [0, 0.05) is 3.57 Å². The second kappa shape index (κ2) is 12.5. The van der Waals surface area contributed by atoms with Gasteiger partial charge in [0.1, 0.15) is 12.4 Å². The Morgan fingerprint density at radius 2 is 1.72 bits per heavy atom. The fourth-order valence-corrected chi connectivity index (χ4v) is 4.82. The average Bonchev–Trinajstić information content (AvgIpc) is 3.19. The second-order valence-electron chi connectivity index (χ2n) is 7.59. The number of hydrogen-bond donors (Lipinski definition) is 1. The first-order chi connectivity index (χ1) is 17.4. The van der Waals surface area contributed by atoms with Crippen molar-refractivity contribution in [1.82, 2.24) is 5.32 Å². The number of hydrogen-bond acceptors (Lipinski definition) is 6. The van der Waals surface area contributed by atoms with Crippen LogP contribution in [0.3, 0.4) is 0 Å². The fraction of sp³-hybridized carbons (Fsp3) is 0.185. The molecule has 0 aliphatic carbocycles. The molecule has 0 atom stereocenters.